The fourth-order valence-corrected chi connectivity index (χ4v) is 3.95. The molecule has 2 aromatic rings. The molecule has 1 fully saturated rings. The summed E-state index contributed by atoms with van der Waals surface area (Å²) in [7, 11) is 0. The standard InChI is InChI=1S/C19H20O/c1-13-7-8-15-9-10-19(20,17(15)11-13)18-12-16(18)14-5-3-2-4-6-14/h2-8,11,16,18,20H,9-10,12H2,1H3. The second-order valence-corrected chi connectivity index (χ2v) is 6.44. The van der Waals surface area contributed by atoms with E-state index in [1.807, 2.05) is 0 Å². The Bertz CT molecular complexity index is 646. The van der Waals surface area contributed by atoms with Crippen molar-refractivity contribution in [3.63, 3.8) is 0 Å². The summed E-state index contributed by atoms with van der Waals surface area (Å²) < 4.78 is 0. The van der Waals surface area contributed by atoms with Gasteiger partial charge in [-0.15, -0.1) is 0 Å². The maximum absolute atomic E-state index is 11.2. The molecule has 3 atom stereocenters. The smallest absolute Gasteiger partial charge is 0.0936 e. The lowest BCUT2D eigenvalue weighted by Crippen LogP contribution is -2.26. The summed E-state index contributed by atoms with van der Waals surface area (Å²) in [6.07, 6.45) is 3.03. The number of rotatable bonds is 2. The van der Waals surface area contributed by atoms with E-state index in [1.165, 1.54) is 22.3 Å². The summed E-state index contributed by atoms with van der Waals surface area (Å²) in [5.41, 5.74) is 4.58. The molecule has 102 valence electrons. The van der Waals surface area contributed by atoms with E-state index in [0.29, 0.717) is 11.8 Å². The summed E-state index contributed by atoms with van der Waals surface area (Å²) in [5, 5.41) is 11.2. The molecule has 2 aliphatic rings. The fourth-order valence-electron chi connectivity index (χ4n) is 3.95. The molecular weight excluding hydrogens is 244 g/mol. The van der Waals surface area contributed by atoms with E-state index < -0.39 is 5.60 Å². The van der Waals surface area contributed by atoms with E-state index in [2.05, 4.69) is 55.5 Å². The molecule has 0 aromatic heterocycles. The van der Waals surface area contributed by atoms with Crippen molar-refractivity contribution in [3.05, 3.63) is 70.8 Å². The summed E-state index contributed by atoms with van der Waals surface area (Å²) in [5.74, 6) is 0.931. The molecule has 0 aliphatic heterocycles. The molecule has 2 aromatic carbocycles. The molecule has 0 bridgehead atoms. The lowest BCUT2D eigenvalue weighted by atomic mass is 9.87. The predicted octanol–water partition coefficient (Wildman–Crippen LogP) is 3.93. The highest BCUT2D eigenvalue weighted by molar-refractivity contribution is 5.43. The summed E-state index contributed by atoms with van der Waals surface area (Å²) in [4.78, 5) is 0. The number of fused-ring (bicyclic) bond motifs is 1. The van der Waals surface area contributed by atoms with Crippen LogP contribution < -0.4 is 0 Å². The van der Waals surface area contributed by atoms with Gasteiger partial charge in [-0.1, -0.05) is 54.1 Å². The maximum Gasteiger partial charge on any atom is 0.0936 e. The SMILES string of the molecule is Cc1ccc2c(c1)C(O)(C1CC1c1ccccc1)CC2. The van der Waals surface area contributed by atoms with Gasteiger partial charge in [0, 0.05) is 0 Å². The third-order valence-corrected chi connectivity index (χ3v) is 5.14. The molecule has 1 nitrogen and oxygen atoms in total. The van der Waals surface area contributed by atoms with Crippen molar-refractivity contribution >= 4 is 0 Å². The Morgan fingerprint density at radius 1 is 1.10 bits per heavy atom. The van der Waals surface area contributed by atoms with E-state index in [9.17, 15) is 5.11 Å². The van der Waals surface area contributed by atoms with E-state index >= 15 is 0 Å². The van der Waals surface area contributed by atoms with Gasteiger partial charge in [-0.25, -0.2) is 0 Å². The van der Waals surface area contributed by atoms with Crippen LogP contribution in [0.25, 0.3) is 0 Å². The van der Waals surface area contributed by atoms with Gasteiger partial charge < -0.3 is 5.11 Å². The highest BCUT2D eigenvalue weighted by atomic mass is 16.3. The highest BCUT2D eigenvalue weighted by Gasteiger charge is 2.55. The molecule has 1 heteroatoms. The van der Waals surface area contributed by atoms with Crippen molar-refractivity contribution in [3.8, 4) is 0 Å². The normalized spacial score (nSPS) is 31.1. The molecule has 20 heavy (non-hydrogen) atoms. The summed E-state index contributed by atoms with van der Waals surface area (Å²) in [6, 6.07) is 17.2. The van der Waals surface area contributed by atoms with Gasteiger partial charge in [-0.05, 0) is 54.7 Å². The molecular formula is C19H20O. The van der Waals surface area contributed by atoms with Crippen molar-refractivity contribution in [2.75, 3.05) is 0 Å². The van der Waals surface area contributed by atoms with E-state index in [-0.39, 0.29) is 0 Å². The molecule has 0 amide bonds. The monoisotopic (exact) mass is 264 g/mol. The number of benzene rings is 2. The minimum atomic E-state index is -0.595. The number of hydrogen-bond acceptors (Lipinski definition) is 1. The van der Waals surface area contributed by atoms with Crippen LogP contribution in [-0.4, -0.2) is 5.11 Å². The predicted molar refractivity (Wildman–Crippen MR) is 80.7 cm³/mol. The Labute approximate surface area is 120 Å². The number of hydrogen-bond donors (Lipinski definition) is 1. The Hall–Kier alpha value is -1.60. The van der Waals surface area contributed by atoms with Crippen LogP contribution >= 0.6 is 0 Å². The van der Waals surface area contributed by atoms with Crippen LogP contribution in [-0.2, 0) is 12.0 Å². The molecule has 2 aliphatic carbocycles. The van der Waals surface area contributed by atoms with Gasteiger partial charge in [-0.2, -0.15) is 0 Å². The van der Waals surface area contributed by atoms with Gasteiger partial charge in [0.2, 0.25) is 0 Å². The van der Waals surface area contributed by atoms with Crippen molar-refractivity contribution in [1.82, 2.24) is 0 Å². The first-order valence-corrected chi connectivity index (χ1v) is 7.56. The Balaban J connectivity index is 1.67. The quantitative estimate of drug-likeness (QED) is 0.871. The summed E-state index contributed by atoms with van der Waals surface area (Å²) >= 11 is 0. The number of aryl methyl sites for hydroxylation is 2. The van der Waals surface area contributed by atoms with Crippen molar-refractivity contribution in [2.24, 2.45) is 5.92 Å². The van der Waals surface area contributed by atoms with Gasteiger partial charge in [0.1, 0.15) is 0 Å². The lowest BCUT2D eigenvalue weighted by molar-refractivity contribution is 0.0128. The van der Waals surface area contributed by atoms with Crippen LogP contribution in [0.5, 0.6) is 0 Å². The van der Waals surface area contributed by atoms with Crippen LogP contribution in [0, 0.1) is 12.8 Å². The summed E-state index contributed by atoms with van der Waals surface area (Å²) in [6.45, 7) is 2.11. The lowest BCUT2D eigenvalue weighted by Gasteiger charge is -2.25. The van der Waals surface area contributed by atoms with E-state index in [1.54, 1.807) is 0 Å². The van der Waals surface area contributed by atoms with Crippen LogP contribution in [0.2, 0.25) is 0 Å². The Kier molecular flexibility index (Phi) is 2.55. The van der Waals surface area contributed by atoms with Crippen LogP contribution in [0.15, 0.2) is 48.5 Å². The topological polar surface area (TPSA) is 20.2 Å². The highest BCUT2D eigenvalue weighted by Crippen LogP contribution is 2.60. The number of aliphatic hydroxyl groups is 1. The Morgan fingerprint density at radius 2 is 1.90 bits per heavy atom. The molecule has 0 radical (unpaired) electrons. The third-order valence-electron chi connectivity index (χ3n) is 5.14. The first-order valence-electron chi connectivity index (χ1n) is 7.56. The molecule has 0 saturated heterocycles. The van der Waals surface area contributed by atoms with Crippen molar-refractivity contribution in [2.45, 2.75) is 37.7 Å². The minimum Gasteiger partial charge on any atom is -0.385 e. The van der Waals surface area contributed by atoms with Crippen LogP contribution in [0.4, 0.5) is 0 Å². The van der Waals surface area contributed by atoms with E-state index in [0.717, 1.165) is 19.3 Å². The molecule has 1 N–H and O–H groups in total. The maximum atomic E-state index is 11.2. The van der Waals surface area contributed by atoms with Gasteiger partial charge in [0.15, 0.2) is 0 Å². The van der Waals surface area contributed by atoms with Gasteiger partial charge in [0.25, 0.3) is 0 Å². The first kappa shape index (κ1) is 12.2. The molecule has 3 unspecified atom stereocenters. The van der Waals surface area contributed by atoms with Gasteiger partial charge >= 0.3 is 0 Å². The van der Waals surface area contributed by atoms with Crippen molar-refractivity contribution < 1.29 is 5.11 Å². The van der Waals surface area contributed by atoms with Crippen molar-refractivity contribution in [1.29, 1.82) is 0 Å². The molecule has 1 saturated carbocycles. The van der Waals surface area contributed by atoms with Gasteiger partial charge in [0.05, 0.1) is 5.60 Å². The zero-order valence-corrected chi connectivity index (χ0v) is 11.8. The third kappa shape index (κ3) is 1.73. The Morgan fingerprint density at radius 3 is 2.70 bits per heavy atom. The molecule has 4 rings (SSSR count). The second-order valence-electron chi connectivity index (χ2n) is 6.44. The van der Waals surface area contributed by atoms with Crippen LogP contribution in [0.3, 0.4) is 0 Å². The van der Waals surface area contributed by atoms with Gasteiger partial charge in [-0.3, -0.25) is 0 Å². The molecule has 0 spiro atoms. The average molecular weight is 264 g/mol. The zero-order chi connectivity index (χ0) is 13.7. The first-order chi connectivity index (χ1) is 9.68. The molecule has 0 heterocycles. The van der Waals surface area contributed by atoms with E-state index in [4.69, 9.17) is 0 Å². The zero-order valence-electron chi connectivity index (χ0n) is 11.8. The average Bonchev–Trinajstić information content (AvgIpc) is 3.22. The van der Waals surface area contributed by atoms with Crippen LogP contribution in [0.1, 0.15) is 41.0 Å². The largest absolute Gasteiger partial charge is 0.385 e. The second kappa shape index (κ2) is 4.20. The fraction of sp³-hybridized carbons (Fsp3) is 0.368. The minimum absolute atomic E-state index is 0.396.